The Hall–Kier alpha value is -2.25. The molecule has 0 aliphatic carbocycles. The minimum atomic E-state index is -4.62. The van der Waals surface area contributed by atoms with Crippen LogP contribution < -0.4 is 4.52 Å². The highest BCUT2D eigenvalue weighted by Crippen LogP contribution is 2.39. The molecule has 0 unspecified atom stereocenters. The smallest absolute Gasteiger partial charge is 0.404 e. The number of likely N-dealkylation sites (tertiary alicyclic amines) is 2. The van der Waals surface area contributed by atoms with Crippen LogP contribution in [0.25, 0.3) is 0 Å². The first-order valence-corrected chi connectivity index (χ1v) is 12.3. The zero-order valence-electron chi connectivity index (χ0n) is 17.9. The van der Waals surface area contributed by atoms with Crippen LogP contribution in [0.4, 0.5) is 4.39 Å². The highest BCUT2D eigenvalue weighted by molar-refractivity contribution is 7.46. The maximum atomic E-state index is 15.1. The molecule has 2 heterocycles. The summed E-state index contributed by atoms with van der Waals surface area (Å²) >= 11 is 0. The molecule has 2 aromatic rings. The molecule has 2 aliphatic heterocycles. The predicted molar refractivity (Wildman–Crippen MR) is 118 cm³/mol. The first-order chi connectivity index (χ1) is 15.2. The molecule has 2 saturated heterocycles. The van der Waals surface area contributed by atoms with Crippen LogP contribution in [0.3, 0.4) is 0 Å². The van der Waals surface area contributed by atoms with Crippen molar-refractivity contribution in [1.82, 2.24) is 9.80 Å². The molecule has 0 radical (unpaired) electrons. The first kappa shape index (κ1) is 22.9. The Balaban J connectivity index is 1.34. The van der Waals surface area contributed by atoms with Gasteiger partial charge in [0.2, 0.25) is 5.91 Å². The van der Waals surface area contributed by atoms with Crippen molar-refractivity contribution in [3.05, 3.63) is 65.2 Å². The second kappa shape index (κ2) is 9.32. The topological polar surface area (TPSA) is 90.3 Å². The van der Waals surface area contributed by atoms with Crippen molar-refractivity contribution in [2.45, 2.75) is 44.4 Å². The quantitative estimate of drug-likeness (QED) is 0.640. The number of benzene rings is 2. The van der Waals surface area contributed by atoms with Crippen LogP contribution in [0, 0.1) is 6.92 Å². The normalized spacial score (nSPS) is 24.7. The number of amides is 1. The number of halogens is 1. The van der Waals surface area contributed by atoms with Crippen LogP contribution in [-0.2, 0) is 15.9 Å². The van der Waals surface area contributed by atoms with Gasteiger partial charge < -0.3 is 9.42 Å². The van der Waals surface area contributed by atoms with Crippen LogP contribution in [-0.4, -0.2) is 57.3 Å². The van der Waals surface area contributed by atoms with Crippen LogP contribution in [0.2, 0.25) is 0 Å². The van der Waals surface area contributed by atoms with Crippen molar-refractivity contribution < 1.29 is 28.1 Å². The monoisotopic (exact) mass is 462 g/mol. The van der Waals surface area contributed by atoms with Crippen LogP contribution in [0.5, 0.6) is 5.75 Å². The Bertz CT molecular complexity index is 994. The highest BCUT2D eigenvalue weighted by atomic mass is 31.2. The van der Waals surface area contributed by atoms with E-state index in [-0.39, 0.29) is 30.2 Å². The number of phosphoric ester groups is 1. The number of phosphoric acid groups is 1. The molecule has 2 aromatic carbocycles. The van der Waals surface area contributed by atoms with E-state index in [2.05, 4.69) is 4.52 Å². The molecule has 2 N–H and O–H groups in total. The Labute approximate surface area is 187 Å². The minimum Gasteiger partial charge on any atom is -0.404 e. The Kier molecular flexibility index (Phi) is 6.67. The summed E-state index contributed by atoms with van der Waals surface area (Å²) in [6.07, 6.45) is 0.147. The maximum Gasteiger partial charge on any atom is 0.524 e. The summed E-state index contributed by atoms with van der Waals surface area (Å²) < 4.78 is 30.6. The van der Waals surface area contributed by atoms with E-state index in [0.717, 1.165) is 11.1 Å². The van der Waals surface area contributed by atoms with Gasteiger partial charge in [-0.1, -0.05) is 42.0 Å². The van der Waals surface area contributed by atoms with Gasteiger partial charge in [0.25, 0.3) is 0 Å². The molecule has 4 rings (SSSR count). The molecular formula is C23H28FN2O5P. The Morgan fingerprint density at radius 1 is 1.06 bits per heavy atom. The van der Waals surface area contributed by atoms with Crippen molar-refractivity contribution in [3.8, 4) is 5.75 Å². The number of carbonyl (C=O) groups excluding carboxylic acids is 1. The molecule has 0 saturated carbocycles. The average Bonchev–Trinajstić information content (AvgIpc) is 3.09. The van der Waals surface area contributed by atoms with Gasteiger partial charge in [-0.15, -0.1) is 0 Å². The van der Waals surface area contributed by atoms with Crippen molar-refractivity contribution in [2.24, 2.45) is 0 Å². The molecule has 9 heteroatoms. The predicted octanol–water partition coefficient (Wildman–Crippen LogP) is 3.40. The van der Waals surface area contributed by atoms with Crippen LogP contribution >= 0.6 is 7.82 Å². The van der Waals surface area contributed by atoms with Gasteiger partial charge in [-0.2, -0.15) is 0 Å². The summed E-state index contributed by atoms with van der Waals surface area (Å²) in [6.45, 7) is 4.10. The zero-order chi connectivity index (χ0) is 22.9. The lowest BCUT2D eigenvalue weighted by Gasteiger charge is -2.37. The Morgan fingerprint density at radius 2 is 1.75 bits per heavy atom. The fourth-order valence-electron chi connectivity index (χ4n) is 4.63. The zero-order valence-corrected chi connectivity index (χ0v) is 18.8. The Morgan fingerprint density at radius 3 is 2.38 bits per heavy atom. The van der Waals surface area contributed by atoms with E-state index in [0.29, 0.717) is 32.5 Å². The number of hydrogen-bond acceptors (Lipinski definition) is 4. The standard InChI is InChI=1S/C23H28FN2O5P/c1-16-2-4-17(5-3-16)14-26-13-11-22(23(26)27)25-12-10-20(21(24)15-25)18-6-8-19(9-7-18)31-32(28,29)30/h2-9,20-22H,10-15H2,1H3,(H2,28,29,30)/t20-,21+,22+/m0/s1. The van der Waals surface area contributed by atoms with E-state index < -0.39 is 14.0 Å². The summed E-state index contributed by atoms with van der Waals surface area (Å²) in [5.74, 6) is -0.217. The van der Waals surface area contributed by atoms with Crippen LogP contribution in [0.1, 0.15) is 35.4 Å². The van der Waals surface area contributed by atoms with E-state index in [1.165, 1.54) is 17.7 Å². The van der Waals surface area contributed by atoms with Gasteiger partial charge in [-0.3, -0.25) is 19.5 Å². The van der Waals surface area contributed by atoms with Crippen molar-refractivity contribution in [3.63, 3.8) is 0 Å². The number of carbonyl (C=O) groups is 1. The molecule has 0 bridgehead atoms. The average molecular weight is 462 g/mol. The third kappa shape index (κ3) is 5.38. The maximum absolute atomic E-state index is 15.1. The van der Waals surface area contributed by atoms with Gasteiger partial charge in [0.15, 0.2) is 0 Å². The molecule has 2 aliphatic rings. The van der Waals surface area contributed by atoms with Gasteiger partial charge in [0.1, 0.15) is 11.9 Å². The number of nitrogens with zero attached hydrogens (tertiary/aromatic N) is 2. The molecule has 3 atom stereocenters. The van der Waals surface area contributed by atoms with Crippen molar-refractivity contribution >= 4 is 13.7 Å². The second-order valence-electron chi connectivity index (χ2n) is 8.61. The van der Waals surface area contributed by atoms with Gasteiger partial charge in [0.05, 0.1) is 6.04 Å². The van der Waals surface area contributed by atoms with E-state index >= 15 is 4.39 Å². The van der Waals surface area contributed by atoms with E-state index in [9.17, 15) is 9.36 Å². The molecule has 32 heavy (non-hydrogen) atoms. The molecule has 2 fully saturated rings. The molecule has 172 valence electrons. The number of alkyl halides is 1. The first-order valence-electron chi connectivity index (χ1n) is 10.8. The lowest BCUT2D eigenvalue weighted by Crippen LogP contribution is -2.49. The van der Waals surface area contributed by atoms with Gasteiger partial charge in [0, 0.05) is 25.6 Å². The summed E-state index contributed by atoms with van der Waals surface area (Å²) in [6, 6.07) is 14.0. The van der Waals surface area contributed by atoms with E-state index in [1.54, 1.807) is 12.1 Å². The molecule has 1 amide bonds. The number of aryl methyl sites for hydroxylation is 1. The fourth-order valence-corrected chi connectivity index (χ4v) is 5.03. The second-order valence-corrected chi connectivity index (χ2v) is 9.77. The fraction of sp³-hybridized carbons (Fsp3) is 0.435. The summed E-state index contributed by atoms with van der Waals surface area (Å²) in [7, 11) is -4.62. The third-order valence-electron chi connectivity index (χ3n) is 6.31. The largest absolute Gasteiger partial charge is 0.524 e. The number of piperidine rings is 1. The number of rotatable bonds is 6. The lowest BCUT2D eigenvalue weighted by molar-refractivity contribution is -0.133. The minimum absolute atomic E-state index is 0.0418. The third-order valence-corrected chi connectivity index (χ3v) is 6.76. The summed E-state index contributed by atoms with van der Waals surface area (Å²) in [5, 5.41) is 0. The summed E-state index contributed by atoms with van der Waals surface area (Å²) in [5.41, 5.74) is 3.03. The van der Waals surface area contributed by atoms with Gasteiger partial charge >= 0.3 is 7.82 Å². The lowest BCUT2D eigenvalue weighted by atomic mass is 9.87. The molecule has 0 aromatic heterocycles. The SMILES string of the molecule is Cc1ccc(CN2CC[C@@H](N3CC[C@@H](c4ccc(OP(=O)(O)O)cc4)[C@H](F)C3)C2=O)cc1. The van der Waals surface area contributed by atoms with Crippen molar-refractivity contribution in [2.75, 3.05) is 19.6 Å². The van der Waals surface area contributed by atoms with Gasteiger partial charge in [-0.05, 0) is 49.6 Å². The van der Waals surface area contributed by atoms with Crippen molar-refractivity contribution in [1.29, 1.82) is 0 Å². The van der Waals surface area contributed by atoms with Gasteiger partial charge in [-0.25, -0.2) is 8.96 Å². The van der Waals surface area contributed by atoms with E-state index in [1.807, 2.05) is 41.0 Å². The van der Waals surface area contributed by atoms with E-state index in [4.69, 9.17) is 9.79 Å². The highest BCUT2D eigenvalue weighted by Gasteiger charge is 2.40. The number of hydrogen-bond donors (Lipinski definition) is 2. The molecule has 0 spiro atoms. The molecular weight excluding hydrogens is 434 g/mol. The molecule has 7 nitrogen and oxygen atoms in total. The summed E-state index contributed by atoms with van der Waals surface area (Å²) in [4.78, 5) is 34.6. The van der Waals surface area contributed by atoms with Crippen LogP contribution in [0.15, 0.2) is 48.5 Å².